The molecule has 6 nitrogen and oxygen atoms in total. The molecule has 3 rings (SSSR count). The smallest absolute Gasteiger partial charge is 0.218 e. The molecule has 1 aromatic heterocycles. The number of nitriles is 1. The van der Waals surface area contributed by atoms with Gasteiger partial charge in [0.25, 0.3) is 0 Å². The van der Waals surface area contributed by atoms with Crippen LogP contribution < -0.4 is 14.5 Å². The average molecular weight is 313 g/mol. The van der Waals surface area contributed by atoms with Crippen molar-refractivity contribution < 1.29 is 9.13 Å². The van der Waals surface area contributed by atoms with Gasteiger partial charge in [-0.25, -0.2) is 14.4 Å². The topological polar surface area (TPSA) is 65.3 Å². The van der Waals surface area contributed by atoms with Crippen molar-refractivity contribution in [2.24, 2.45) is 0 Å². The lowest BCUT2D eigenvalue weighted by Gasteiger charge is -2.36. The summed E-state index contributed by atoms with van der Waals surface area (Å²) >= 11 is 0. The van der Waals surface area contributed by atoms with E-state index in [4.69, 9.17) is 10.00 Å². The van der Waals surface area contributed by atoms with Gasteiger partial charge in [-0.1, -0.05) is 0 Å². The number of benzene rings is 1. The summed E-state index contributed by atoms with van der Waals surface area (Å²) in [5, 5.41) is 8.79. The van der Waals surface area contributed by atoms with Gasteiger partial charge in [-0.05, 0) is 18.2 Å². The van der Waals surface area contributed by atoms with Crippen LogP contribution in [0.25, 0.3) is 0 Å². The second-order valence-corrected chi connectivity index (χ2v) is 5.17. The van der Waals surface area contributed by atoms with Crippen LogP contribution in [0.3, 0.4) is 0 Å². The Morgan fingerprint density at radius 1 is 1.13 bits per heavy atom. The molecular formula is C16H16FN5O. The fourth-order valence-electron chi connectivity index (χ4n) is 2.60. The maximum atomic E-state index is 13.7. The lowest BCUT2D eigenvalue weighted by Crippen LogP contribution is -2.46. The van der Waals surface area contributed by atoms with Crippen LogP contribution >= 0.6 is 0 Å². The molecular weight excluding hydrogens is 297 g/mol. The molecule has 0 radical (unpaired) electrons. The first-order valence-corrected chi connectivity index (χ1v) is 7.27. The SMILES string of the molecule is COc1cc(N2CCN(c3ccc(C#N)c(F)c3)CC2)ncn1. The number of methoxy groups -OCH3 is 1. The van der Waals surface area contributed by atoms with Crippen LogP contribution in [0.1, 0.15) is 5.56 Å². The number of halogens is 1. The molecule has 23 heavy (non-hydrogen) atoms. The molecule has 1 aliphatic rings. The van der Waals surface area contributed by atoms with E-state index in [9.17, 15) is 4.39 Å². The molecule has 0 spiro atoms. The van der Waals surface area contributed by atoms with E-state index < -0.39 is 5.82 Å². The summed E-state index contributed by atoms with van der Waals surface area (Å²) in [6, 6.07) is 8.36. The minimum Gasteiger partial charge on any atom is -0.481 e. The molecule has 2 aromatic rings. The van der Waals surface area contributed by atoms with E-state index in [2.05, 4.69) is 19.8 Å². The van der Waals surface area contributed by atoms with E-state index in [1.807, 2.05) is 6.07 Å². The Bertz CT molecular complexity index is 737. The van der Waals surface area contributed by atoms with Gasteiger partial charge in [-0.2, -0.15) is 5.26 Å². The predicted molar refractivity (Wildman–Crippen MR) is 84.1 cm³/mol. The Hall–Kier alpha value is -2.88. The molecule has 118 valence electrons. The summed E-state index contributed by atoms with van der Waals surface area (Å²) in [6.45, 7) is 3.03. The third kappa shape index (κ3) is 3.16. The highest BCUT2D eigenvalue weighted by atomic mass is 19.1. The molecule has 1 aromatic carbocycles. The van der Waals surface area contributed by atoms with E-state index in [1.165, 1.54) is 18.5 Å². The zero-order valence-corrected chi connectivity index (χ0v) is 12.7. The van der Waals surface area contributed by atoms with E-state index in [0.717, 1.165) is 37.7 Å². The lowest BCUT2D eigenvalue weighted by molar-refractivity contribution is 0.396. The van der Waals surface area contributed by atoms with Gasteiger partial charge in [0.15, 0.2) is 0 Å². The number of anilines is 2. The Labute approximate surface area is 133 Å². The van der Waals surface area contributed by atoms with Crippen LogP contribution in [0.4, 0.5) is 15.9 Å². The van der Waals surface area contributed by atoms with Crippen molar-refractivity contribution in [1.29, 1.82) is 5.26 Å². The third-order valence-corrected chi connectivity index (χ3v) is 3.88. The maximum Gasteiger partial charge on any atom is 0.218 e. The van der Waals surface area contributed by atoms with E-state index in [-0.39, 0.29) is 5.56 Å². The predicted octanol–water partition coefficient (Wildman–Crippen LogP) is 1.82. The first-order valence-electron chi connectivity index (χ1n) is 7.27. The highest BCUT2D eigenvalue weighted by Crippen LogP contribution is 2.22. The molecule has 0 saturated carbocycles. The largest absolute Gasteiger partial charge is 0.481 e. The van der Waals surface area contributed by atoms with Gasteiger partial charge in [0, 0.05) is 37.9 Å². The molecule has 0 aliphatic carbocycles. The molecule has 7 heteroatoms. The zero-order valence-electron chi connectivity index (χ0n) is 12.7. The Kier molecular flexibility index (Phi) is 4.24. The summed E-state index contributed by atoms with van der Waals surface area (Å²) in [4.78, 5) is 12.5. The van der Waals surface area contributed by atoms with Crippen LogP contribution in [0.5, 0.6) is 5.88 Å². The summed E-state index contributed by atoms with van der Waals surface area (Å²) in [5.74, 6) is 0.877. The van der Waals surface area contributed by atoms with Gasteiger partial charge in [-0.15, -0.1) is 0 Å². The van der Waals surface area contributed by atoms with E-state index in [1.54, 1.807) is 19.2 Å². The van der Waals surface area contributed by atoms with Gasteiger partial charge in [0.2, 0.25) is 5.88 Å². The molecule has 1 fully saturated rings. The van der Waals surface area contributed by atoms with Gasteiger partial charge in [-0.3, -0.25) is 0 Å². The Balaban J connectivity index is 1.68. The number of ether oxygens (including phenoxy) is 1. The van der Waals surface area contributed by atoms with E-state index >= 15 is 0 Å². The molecule has 0 unspecified atom stereocenters. The molecule has 1 saturated heterocycles. The first-order chi connectivity index (χ1) is 11.2. The van der Waals surface area contributed by atoms with Crippen LogP contribution in [0.2, 0.25) is 0 Å². The second kappa shape index (κ2) is 6.48. The van der Waals surface area contributed by atoms with Crippen molar-refractivity contribution >= 4 is 11.5 Å². The van der Waals surface area contributed by atoms with Gasteiger partial charge >= 0.3 is 0 Å². The maximum absolute atomic E-state index is 13.7. The van der Waals surface area contributed by atoms with Gasteiger partial charge in [0.05, 0.1) is 12.7 Å². The summed E-state index contributed by atoms with van der Waals surface area (Å²) in [5.41, 5.74) is 0.863. The van der Waals surface area contributed by atoms with Gasteiger partial charge < -0.3 is 14.5 Å². The number of aromatic nitrogens is 2. The Morgan fingerprint density at radius 2 is 1.87 bits per heavy atom. The van der Waals surface area contributed by atoms with Crippen LogP contribution in [0, 0.1) is 17.1 Å². The molecule has 0 bridgehead atoms. The quantitative estimate of drug-likeness (QED) is 0.861. The van der Waals surface area contributed by atoms with Crippen molar-refractivity contribution in [2.45, 2.75) is 0 Å². The highest BCUT2D eigenvalue weighted by Gasteiger charge is 2.19. The average Bonchev–Trinajstić information content (AvgIpc) is 2.62. The highest BCUT2D eigenvalue weighted by molar-refractivity contribution is 5.52. The van der Waals surface area contributed by atoms with Crippen molar-refractivity contribution in [3.63, 3.8) is 0 Å². The van der Waals surface area contributed by atoms with Crippen LogP contribution in [-0.2, 0) is 0 Å². The molecule has 0 amide bonds. The zero-order chi connectivity index (χ0) is 16.2. The minimum absolute atomic E-state index is 0.0699. The first kappa shape index (κ1) is 15.0. The molecule has 1 aliphatic heterocycles. The monoisotopic (exact) mass is 313 g/mol. The van der Waals surface area contributed by atoms with Gasteiger partial charge in [0.1, 0.15) is 24.0 Å². The number of rotatable bonds is 3. The van der Waals surface area contributed by atoms with Crippen LogP contribution in [0.15, 0.2) is 30.6 Å². The standard InChI is InChI=1S/C16H16FN5O/c1-23-16-9-15(19-11-20-16)22-6-4-21(5-7-22)13-3-2-12(10-18)14(17)8-13/h2-3,8-9,11H,4-7H2,1H3. The minimum atomic E-state index is -0.479. The Morgan fingerprint density at radius 3 is 2.52 bits per heavy atom. The van der Waals surface area contributed by atoms with Crippen molar-refractivity contribution in [3.8, 4) is 11.9 Å². The summed E-state index contributed by atoms with van der Waals surface area (Å²) in [6.07, 6.45) is 1.48. The van der Waals surface area contributed by atoms with Crippen molar-refractivity contribution in [3.05, 3.63) is 42.0 Å². The molecule has 2 heterocycles. The summed E-state index contributed by atoms with van der Waals surface area (Å²) < 4.78 is 18.9. The fourth-order valence-corrected chi connectivity index (χ4v) is 2.60. The van der Waals surface area contributed by atoms with Crippen LogP contribution in [-0.4, -0.2) is 43.3 Å². The number of piperazine rings is 1. The third-order valence-electron chi connectivity index (χ3n) is 3.88. The van der Waals surface area contributed by atoms with Crippen molar-refractivity contribution in [1.82, 2.24) is 9.97 Å². The van der Waals surface area contributed by atoms with Crippen molar-refractivity contribution in [2.75, 3.05) is 43.1 Å². The molecule has 0 N–H and O–H groups in total. The lowest BCUT2D eigenvalue weighted by atomic mass is 10.2. The number of hydrogen-bond donors (Lipinski definition) is 0. The second-order valence-electron chi connectivity index (χ2n) is 5.17. The number of nitrogens with zero attached hydrogens (tertiary/aromatic N) is 5. The fraction of sp³-hybridized carbons (Fsp3) is 0.312. The van der Waals surface area contributed by atoms with E-state index in [0.29, 0.717) is 5.88 Å². The molecule has 0 atom stereocenters. The normalized spacial score (nSPS) is 14.5. The summed E-state index contributed by atoms with van der Waals surface area (Å²) in [7, 11) is 1.57. The number of hydrogen-bond acceptors (Lipinski definition) is 6.